The number of aromatic nitrogens is 6. The van der Waals surface area contributed by atoms with Crippen molar-refractivity contribution >= 4 is 11.0 Å². The summed E-state index contributed by atoms with van der Waals surface area (Å²) in [7, 11) is 0. The van der Waals surface area contributed by atoms with Gasteiger partial charge in [-0.3, -0.25) is 4.79 Å². The smallest absolute Gasteiger partial charge is 0.300 e. The zero-order valence-corrected chi connectivity index (χ0v) is 17.9. The Kier molecular flexibility index (Phi) is 4.73. The molecule has 0 bridgehead atoms. The lowest BCUT2D eigenvalue weighted by Crippen LogP contribution is -2.14. The lowest BCUT2D eigenvalue weighted by molar-refractivity contribution is 0.449. The van der Waals surface area contributed by atoms with Crippen LogP contribution in [0.4, 0.5) is 0 Å². The first-order valence-corrected chi connectivity index (χ1v) is 10.7. The maximum Gasteiger partial charge on any atom is 0.300 e. The highest BCUT2D eigenvalue weighted by Gasteiger charge is 2.14. The number of benzene rings is 3. The number of rotatable bonds is 5. The van der Waals surface area contributed by atoms with Crippen LogP contribution in [0.25, 0.3) is 33.8 Å². The summed E-state index contributed by atoms with van der Waals surface area (Å²) in [6.45, 7) is 0. The molecule has 164 valence electrons. The van der Waals surface area contributed by atoms with Crippen LogP contribution in [-0.2, 0) is 0 Å². The fourth-order valence-corrected chi connectivity index (χ4v) is 3.77. The van der Waals surface area contributed by atoms with Crippen LogP contribution < -0.4 is 10.2 Å². The zero-order valence-electron chi connectivity index (χ0n) is 17.9. The Morgan fingerprint density at radius 2 is 1.65 bits per heavy atom. The van der Waals surface area contributed by atoms with E-state index in [4.69, 9.17) is 4.74 Å². The van der Waals surface area contributed by atoms with Gasteiger partial charge in [-0.05, 0) is 42.5 Å². The normalized spacial score (nSPS) is 11.1. The summed E-state index contributed by atoms with van der Waals surface area (Å²) in [5, 5.41) is 9.00. The summed E-state index contributed by atoms with van der Waals surface area (Å²) in [6.07, 6.45) is 3.29. The maximum absolute atomic E-state index is 12.7. The van der Waals surface area contributed by atoms with E-state index in [0.29, 0.717) is 23.1 Å². The summed E-state index contributed by atoms with van der Waals surface area (Å²) in [6, 6.07) is 28.5. The molecule has 0 amide bonds. The Labute approximate surface area is 193 Å². The van der Waals surface area contributed by atoms with Gasteiger partial charge in [0.2, 0.25) is 5.43 Å². The minimum atomic E-state index is -0.191. The number of H-pyrrole nitrogens is 1. The van der Waals surface area contributed by atoms with Crippen LogP contribution in [-0.4, -0.2) is 29.5 Å². The Morgan fingerprint density at radius 3 is 2.53 bits per heavy atom. The molecule has 8 nitrogen and oxygen atoms in total. The molecule has 0 radical (unpaired) electrons. The molecule has 3 heterocycles. The second-order valence-electron chi connectivity index (χ2n) is 7.60. The van der Waals surface area contributed by atoms with Gasteiger partial charge in [-0.25, -0.2) is 9.36 Å². The minimum absolute atomic E-state index is 0.191. The van der Waals surface area contributed by atoms with Crippen LogP contribution in [0.5, 0.6) is 11.8 Å². The third-order valence-corrected chi connectivity index (χ3v) is 5.36. The third kappa shape index (κ3) is 3.63. The number of aromatic amines is 1. The van der Waals surface area contributed by atoms with Crippen LogP contribution in [0.15, 0.2) is 108 Å². The van der Waals surface area contributed by atoms with Gasteiger partial charge in [-0.1, -0.05) is 36.4 Å². The Balaban J connectivity index is 1.36. The molecule has 0 saturated heterocycles. The molecule has 0 atom stereocenters. The molecule has 0 unspecified atom stereocenters. The van der Waals surface area contributed by atoms with Crippen molar-refractivity contribution < 1.29 is 4.74 Å². The molecule has 0 aliphatic rings. The lowest BCUT2D eigenvalue weighted by Gasteiger charge is -2.10. The minimum Gasteiger partial charge on any atom is -0.426 e. The SMILES string of the molecule is O=c1ccn(-c2cccc(Oc3nc4ccccc4[nH]3)c2)nc1-c1ccnn1-c1ccccc1. The van der Waals surface area contributed by atoms with Gasteiger partial charge in [0.25, 0.3) is 6.01 Å². The Hall–Kier alpha value is -4.98. The molecule has 34 heavy (non-hydrogen) atoms. The summed E-state index contributed by atoms with van der Waals surface area (Å²) >= 11 is 0. The predicted octanol–water partition coefficient (Wildman–Crippen LogP) is 4.75. The van der Waals surface area contributed by atoms with E-state index in [2.05, 4.69) is 20.2 Å². The number of fused-ring (bicyclic) bond motifs is 1. The molecule has 0 spiro atoms. The molecule has 0 fully saturated rings. The molecule has 6 aromatic rings. The van der Waals surface area contributed by atoms with Crippen LogP contribution in [0.2, 0.25) is 0 Å². The van der Waals surface area contributed by atoms with Crippen molar-refractivity contribution in [3.8, 4) is 34.5 Å². The monoisotopic (exact) mass is 446 g/mol. The average molecular weight is 446 g/mol. The van der Waals surface area contributed by atoms with E-state index in [1.807, 2.05) is 78.9 Å². The number of ether oxygens (including phenoxy) is 1. The highest BCUT2D eigenvalue weighted by atomic mass is 16.5. The predicted molar refractivity (Wildman–Crippen MR) is 129 cm³/mol. The highest BCUT2D eigenvalue weighted by molar-refractivity contribution is 5.75. The standard InChI is InChI=1S/C26H18N6O2/c33-24-14-16-31(30-25(24)23-13-15-27-32(23)18-7-2-1-3-8-18)19-9-6-10-20(17-19)34-26-28-21-11-4-5-12-22(21)29-26/h1-17H,(H,28,29). The van der Waals surface area contributed by atoms with Crippen molar-refractivity contribution in [2.45, 2.75) is 0 Å². The third-order valence-electron chi connectivity index (χ3n) is 5.36. The number of hydrogen-bond donors (Lipinski definition) is 1. The lowest BCUT2D eigenvalue weighted by atomic mass is 10.2. The molecular formula is C26H18N6O2. The van der Waals surface area contributed by atoms with Gasteiger partial charge in [-0.2, -0.15) is 15.2 Å². The van der Waals surface area contributed by atoms with Gasteiger partial charge in [0.05, 0.1) is 34.3 Å². The van der Waals surface area contributed by atoms with Crippen LogP contribution in [0.1, 0.15) is 0 Å². The van der Waals surface area contributed by atoms with Crippen molar-refractivity contribution in [1.29, 1.82) is 0 Å². The summed E-state index contributed by atoms with van der Waals surface area (Å²) in [5.41, 5.74) is 4.03. The first-order chi connectivity index (χ1) is 16.7. The summed E-state index contributed by atoms with van der Waals surface area (Å²) < 4.78 is 9.29. The van der Waals surface area contributed by atoms with Gasteiger partial charge in [0, 0.05) is 18.3 Å². The molecule has 1 N–H and O–H groups in total. The zero-order chi connectivity index (χ0) is 22.9. The van der Waals surface area contributed by atoms with Gasteiger partial charge < -0.3 is 9.72 Å². The Morgan fingerprint density at radius 1 is 0.824 bits per heavy atom. The van der Waals surface area contributed by atoms with Gasteiger partial charge in [0.1, 0.15) is 5.75 Å². The van der Waals surface area contributed by atoms with E-state index in [1.165, 1.54) is 6.07 Å². The van der Waals surface area contributed by atoms with Crippen LogP contribution in [0.3, 0.4) is 0 Å². The fourth-order valence-electron chi connectivity index (χ4n) is 3.77. The number of nitrogens with zero attached hydrogens (tertiary/aromatic N) is 5. The second kappa shape index (κ2) is 8.18. The van der Waals surface area contributed by atoms with Crippen molar-refractivity contribution in [1.82, 2.24) is 29.5 Å². The molecule has 6 rings (SSSR count). The van der Waals surface area contributed by atoms with Crippen LogP contribution >= 0.6 is 0 Å². The molecule has 0 saturated carbocycles. The van der Waals surface area contributed by atoms with Crippen molar-refractivity contribution in [3.05, 3.63) is 114 Å². The number of hydrogen-bond acceptors (Lipinski definition) is 5. The van der Waals surface area contributed by atoms with Crippen molar-refractivity contribution in [2.75, 3.05) is 0 Å². The average Bonchev–Trinajstić information content (AvgIpc) is 3.52. The molecule has 0 aliphatic heterocycles. The largest absolute Gasteiger partial charge is 0.426 e. The first-order valence-electron chi connectivity index (χ1n) is 10.7. The van der Waals surface area contributed by atoms with Gasteiger partial charge in [-0.15, -0.1) is 0 Å². The van der Waals surface area contributed by atoms with E-state index < -0.39 is 0 Å². The van der Waals surface area contributed by atoms with E-state index in [0.717, 1.165) is 22.4 Å². The molecular weight excluding hydrogens is 428 g/mol. The fraction of sp³-hybridized carbons (Fsp3) is 0. The molecule has 8 heteroatoms. The van der Waals surface area contributed by atoms with E-state index in [1.54, 1.807) is 27.8 Å². The maximum atomic E-state index is 12.7. The van der Waals surface area contributed by atoms with E-state index in [9.17, 15) is 4.79 Å². The highest BCUT2D eigenvalue weighted by Crippen LogP contribution is 2.24. The van der Waals surface area contributed by atoms with Crippen LogP contribution in [0, 0.1) is 0 Å². The first kappa shape index (κ1) is 19.7. The number of imidazole rings is 1. The van der Waals surface area contributed by atoms with Crippen molar-refractivity contribution in [3.63, 3.8) is 0 Å². The molecule has 0 aliphatic carbocycles. The summed E-state index contributed by atoms with van der Waals surface area (Å²) in [4.78, 5) is 20.3. The summed E-state index contributed by atoms with van der Waals surface area (Å²) in [5.74, 6) is 0.591. The second-order valence-corrected chi connectivity index (χ2v) is 7.60. The number of nitrogens with one attached hydrogen (secondary N) is 1. The van der Waals surface area contributed by atoms with E-state index in [-0.39, 0.29) is 5.43 Å². The quantitative estimate of drug-likeness (QED) is 0.413. The van der Waals surface area contributed by atoms with Gasteiger partial charge in [0.15, 0.2) is 5.69 Å². The van der Waals surface area contributed by atoms with E-state index >= 15 is 0 Å². The number of para-hydroxylation sites is 3. The molecule has 3 aromatic carbocycles. The molecule has 3 aromatic heterocycles. The van der Waals surface area contributed by atoms with Gasteiger partial charge >= 0.3 is 0 Å². The van der Waals surface area contributed by atoms with Crippen molar-refractivity contribution in [2.24, 2.45) is 0 Å². The Bertz CT molecular complexity index is 1630. The topological polar surface area (TPSA) is 90.6 Å².